The molecule has 12 nitrogen and oxygen atoms in total. The van der Waals surface area contributed by atoms with Crippen molar-refractivity contribution < 1.29 is 52.7 Å². The van der Waals surface area contributed by atoms with Gasteiger partial charge in [-0.25, -0.2) is 4.39 Å². The summed E-state index contributed by atoms with van der Waals surface area (Å²) in [5, 5.41) is 25.2. The summed E-state index contributed by atoms with van der Waals surface area (Å²) in [6.45, 7) is 7.33. The maximum Gasteiger partial charge on any atom is 0.239 e. The Morgan fingerprint density at radius 3 is 2.32 bits per heavy atom. The van der Waals surface area contributed by atoms with Crippen molar-refractivity contribution >= 4 is 17.9 Å². The van der Waals surface area contributed by atoms with Crippen LogP contribution >= 0.6 is 0 Å². The van der Waals surface area contributed by atoms with Crippen LogP contribution in [-0.4, -0.2) is 84.7 Å². The van der Waals surface area contributed by atoms with Gasteiger partial charge in [0.25, 0.3) is 0 Å². The molecule has 0 aromatic heterocycles. The quantitative estimate of drug-likeness (QED) is 0.0286. The van der Waals surface area contributed by atoms with Crippen molar-refractivity contribution in [3.05, 3.63) is 107 Å². The Bertz CT molecular complexity index is 2260. The Balaban J connectivity index is 1.38. The zero-order valence-corrected chi connectivity index (χ0v) is 42.8. The van der Waals surface area contributed by atoms with Gasteiger partial charge in [0, 0.05) is 50.5 Å². The van der Waals surface area contributed by atoms with Crippen molar-refractivity contribution in [2.24, 2.45) is 22.9 Å². The number of benzene rings is 3. The molecule has 4 aliphatic rings. The third-order valence-electron chi connectivity index (χ3n) is 15.1. The number of aliphatic hydroxyl groups excluding tert-OH is 2. The number of fused-ring (bicyclic) bond motifs is 2. The highest BCUT2D eigenvalue weighted by atomic mass is 19.1. The summed E-state index contributed by atoms with van der Waals surface area (Å²) in [5.74, 6) is -0.700. The first kappa shape index (κ1) is 54.7. The second kappa shape index (κ2) is 27.8. The number of amides is 1. The van der Waals surface area contributed by atoms with E-state index in [0.717, 1.165) is 87.2 Å². The van der Waals surface area contributed by atoms with E-state index in [-0.39, 0.29) is 62.3 Å². The molecule has 2 aliphatic carbocycles. The van der Waals surface area contributed by atoms with Crippen molar-refractivity contribution in [1.29, 1.82) is 0 Å². The lowest BCUT2D eigenvalue weighted by molar-refractivity contribution is -0.258. The Kier molecular flexibility index (Phi) is 21.1. The highest BCUT2D eigenvalue weighted by Gasteiger charge is 2.65. The summed E-state index contributed by atoms with van der Waals surface area (Å²) in [6, 6.07) is 16.5. The van der Waals surface area contributed by atoms with Crippen molar-refractivity contribution in [2.45, 2.75) is 166 Å². The smallest absolute Gasteiger partial charge is 0.239 e. The molecule has 13 heteroatoms. The molecule has 392 valence electrons. The van der Waals surface area contributed by atoms with E-state index in [1.54, 1.807) is 36.4 Å². The monoisotopic (exact) mass is 995 g/mol. The third kappa shape index (κ3) is 13.7. The van der Waals surface area contributed by atoms with E-state index in [4.69, 9.17) is 33.7 Å². The SMILES string of the molecule is C=CCO[C@@]12Oc3ccc(Oc4ccc(OC)c(C=O)c4)cc3[C@H]3[C@H](CCCCO)[C@@H](CCCCO)C=C(C(=NOC4CCCCO4)C[C@@H]1N(Cc1ccc(F)cc1)C(=O)CCCCCCCCCCC)[C@H]32. The average Bonchev–Trinajstić information content (AvgIpc) is 3.40. The zero-order chi connectivity index (χ0) is 50.7. The molecule has 1 saturated heterocycles. The van der Waals surface area contributed by atoms with Gasteiger partial charge in [0.2, 0.25) is 18.0 Å². The topological polar surface area (TPSA) is 146 Å². The number of nitrogens with zero attached hydrogens (tertiary/aromatic N) is 2. The van der Waals surface area contributed by atoms with Crippen LogP contribution in [0.15, 0.2) is 90.1 Å². The fraction of sp³-hybridized carbons (Fsp3) is 0.576. The Labute approximate surface area is 426 Å². The molecule has 3 aromatic rings. The van der Waals surface area contributed by atoms with Crippen LogP contribution in [0.2, 0.25) is 0 Å². The summed E-state index contributed by atoms with van der Waals surface area (Å²) in [5.41, 5.74) is 3.62. The molecular weight excluding hydrogens is 916 g/mol. The summed E-state index contributed by atoms with van der Waals surface area (Å²) in [6.07, 6.45) is 21.8. The lowest BCUT2D eigenvalue weighted by Gasteiger charge is -2.60. The Hall–Kier alpha value is -5.08. The maximum absolute atomic E-state index is 15.3. The Morgan fingerprint density at radius 2 is 1.62 bits per heavy atom. The molecule has 1 amide bonds. The van der Waals surface area contributed by atoms with Crippen LogP contribution in [0.5, 0.6) is 23.0 Å². The van der Waals surface area contributed by atoms with Gasteiger partial charge in [0.05, 0.1) is 37.5 Å². The van der Waals surface area contributed by atoms with Gasteiger partial charge >= 0.3 is 0 Å². The van der Waals surface area contributed by atoms with E-state index in [1.165, 1.54) is 51.3 Å². The largest absolute Gasteiger partial charge is 0.496 e. The normalized spacial score (nSPS) is 23.8. The fourth-order valence-corrected chi connectivity index (χ4v) is 11.5. The van der Waals surface area contributed by atoms with Gasteiger partial charge in [-0.2, -0.15) is 0 Å². The Morgan fingerprint density at radius 1 is 0.903 bits per heavy atom. The predicted octanol–water partition coefficient (Wildman–Crippen LogP) is 12.5. The second-order valence-electron chi connectivity index (χ2n) is 20.0. The number of oxime groups is 1. The molecule has 0 radical (unpaired) electrons. The number of hydrogen-bond donors (Lipinski definition) is 2. The molecule has 0 spiro atoms. The van der Waals surface area contributed by atoms with Gasteiger partial charge in [0.1, 0.15) is 34.9 Å². The van der Waals surface area contributed by atoms with Crippen LogP contribution in [0.4, 0.5) is 4.39 Å². The predicted molar refractivity (Wildman–Crippen MR) is 277 cm³/mol. The van der Waals surface area contributed by atoms with Crippen LogP contribution in [0.1, 0.15) is 163 Å². The number of aliphatic hydroxyl groups is 2. The minimum Gasteiger partial charge on any atom is -0.496 e. The number of aldehydes is 1. The van der Waals surface area contributed by atoms with Gasteiger partial charge in [-0.3, -0.25) is 9.59 Å². The maximum atomic E-state index is 15.3. The second-order valence-corrected chi connectivity index (χ2v) is 20.0. The molecule has 2 aliphatic heterocycles. The molecule has 0 bridgehead atoms. The fourth-order valence-electron chi connectivity index (χ4n) is 11.5. The molecule has 1 unspecified atom stereocenters. The van der Waals surface area contributed by atoms with Gasteiger partial charge in [0.15, 0.2) is 6.29 Å². The summed E-state index contributed by atoms with van der Waals surface area (Å²) in [7, 11) is 1.52. The highest BCUT2D eigenvalue weighted by molar-refractivity contribution is 6.03. The van der Waals surface area contributed by atoms with E-state index in [0.29, 0.717) is 66.6 Å². The molecule has 3 aromatic carbocycles. The minimum atomic E-state index is -1.48. The highest BCUT2D eigenvalue weighted by Crippen LogP contribution is 2.62. The third-order valence-corrected chi connectivity index (χ3v) is 15.1. The zero-order valence-electron chi connectivity index (χ0n) is 42.8. The molecular formula is C59H79FN2O10. The average molecular weight is 995 g/mol. The van der Waals surface area contributed by atoms with E-state index in [9.17, 15) is 19.4 Å². The van der Waals surface area contributed by atoms with Gasteiger partial charge in [-0.05, 0) is 116 Å². The number of allylic oxidation sites excluding steroid dienone is 1. The van der Waals surface area contributed by atoms with Crippen molar-refractivity contribution in [1.82, 2.24) is 4.90 Å². The number of carbonyl (C=O) groups is 2. The van der Waals surface area contributed by atoms with Crippen molar-refractivity contribution in [3.63, 3.8) is 0 Å². The number of ether oxygens (including phenoxy) is 5. The first-order chi connectivity index (χ1) is 35.3. The summed E-state index contributed by atoms with van der Waals surface area (Å²) in [4.78, 5) is 35.6. The molecule has 7 atom stereocenters. The van der Waals surface area contributed by atoms with Gasteiger partial charge in [-0.1, -0.05) is 101 Å². The molecule has 2 fully saturated rings. The van der Waals surface area contributed by atoms with Crippen molar-refractivity contribution in [3.8, 4) is 23.0 Å². The van der Waals surface area contributed by atoms with Gasteiger partial charge < -0.3 is 43.6 Å². The molecule has 2 heterocycles. The molecule has 2 N–H and O–H groups in total. The number of carbonyl (C=O) groups excluding carboxylic acids is 2. The summed E-state index contributed by atoms with van der Waals surface area (Å²) < 4.78 is 47.3. The standard InChI is InChI=1S/C59H79FN2O10/c1-4-6-7-8-9-10-11-12-13-22-55(66)62(40-42-24-26-45(60)27-25-42)54-39-51(61-72-56-23-16-19-35-68-56)49-37-43(20-14-17-32-63)48(21-15-18-33-64)57-50-38-47(70-46-28-30-52(67-3)44(36-46)41-65)29-31-53(50)71-59(54,58(49)57)69-34-5-2/h5,24-31,36-38,41,43,48,54,56-58,63-64H,2,4,6-23,32-35,39-40H2,1,3H3/t43-,48+,54-,56?,57+,58+,59+/m0/s1. The molecule has 1 saturated carbocycles. The lowest BCUT2D eigenvalue weighted by atomic mass is 9.55. The molecule has 7 rings (SSSR count). The van der Waals surface area contributed by atoms with Crippen LogP contribution in [-0.2, 0) is 25.7 Å². The number of unbranched alkanes of at least 4 members (excludes halogenated alkanes) is 10. The first-order valence-electron chi connectivity index (χ1n) is 27.0. The van der Waals surface area contributed by atoms with Crippen LogP contribution in [0.3, 0.4) is 0 Å². The minimum absolute atomic E-state index is 0.0120. The number of rotatable bonds is 30. The number of methoxy groups -OCH3 is 1. The van der Waals surface area contributed by atoms with E-state index < -0.39 is 24.0 Å². The van der Waals surface area contributed by atoms with E-state index in [2.05, 4.69) is 19.6 Å². The van der Waals surface area contributed by atoms with Crippen LogP contribution in [0, 0.1) is 23.6 Å². The van der Waals surface area contributed by atoms with Crippen LogP contribution in [0.25, 0.3) is 0 Å². The molecule has 72 heavy (non-hydrogen) atoms. The van der Waals surface area contributed by atoms with Crippen LogP contribution < -0.4 is 14.2 Å². The van der Waals surface area contributed by atoms with E-state index in [1.807, 2.05) is 23.1 Å². The van der Waals surface area contributed by atoms with E-state index >= 15 is 4.79 Å². The lowest BCUT2D eigenvalue weighted by Crippen LogP contribution is -2.70. The van der Waals surface area contributed by atoms with Crippen molar-refractivity contribution in [2.75, 3.05) is 33.5 Å². The summed E-state index contributed by atoms with van der Waals surface area (Å²) >= 11 is 0. The van der Waals surface area contributed by atoms with Gasteiger partial charge in [-0.15, -0.1) is 6.58 Å². The number of hydrogen-bond acceptors (Lipinski definition) is 11. The first-order valence-corrected chi connectivity index (χ1v) is 27.0. The number of halogens is 1.